The number of benzene rings is 10. The van der Waals surface area contributed by atoms with Crippen LogP contribution < -0.4 is 4.90 Å². The number of anilines is 3. The Kier molecular flexibility index (Phi) is 7.78. The summed E-state index contributed by atoms with van der Waals surface area (Å²) in [6.45, 7) is 0. The SMILES string of the molecule is c1ccc(N(c2ccc3ccccc3c2)c2cc(-c3ccc(-n4c5ccccc5c5ccccc54)cc3)c3sc4ccccc4c3c2)c(-c2cccc3c2oc2ccccc23)c1. The molecule has 3 nitrogen and oxygen atoms in total. The summed E-state index contributed by atoms with van der Waals surface area (Å²) in [6.07, 6.45) is 0. The standard InChI is InChI=1S/C58H36N2OS/c1-2-15-39-34-41(33-28-37(39)14-1)59(52-23-8-5-18-45(52)48-21-13-22-49-46-19-6-11-26-55(46)61-57(48)49)42-35-50(58-51(36-42)47-20-7-12-27-56(47)62-58)38-29-31-40(32-30-38)60-53-24-9-3-16-43(53)44-17-4-10-25-54(44)60/h1-36H. The fourth-order valence-corrected chi connectivity index (χ4v) is 11.0. The molecule has 3 heterocycles. The Morgan fingerprint density at radius 3 is 1.87 bits per heavy atom. The molecule has 0 bridgehead atoms. The number of aromatic nitrogens is 1. The van der Waals surface area contributed by atoms with Gasteiger partial charge in [-0.1, -0.05) is 152 Å². The minimum Gasteiger partial charge on any atom is -0.455 e. The van der Waals surface area contributed by atoms with Gasteiger partial charge in [-0.15, -0.1) is 11.3 Å². The number of hydrogen-bond donors (Lipinski definition) is 0. The van der Waals surface area contributed by atoms with Crippen LogP contribution in [0.1, 0.15) is 0 Å². The van der Waals surface area contributed by atoms with E-state index in [1.54, 1.807) is 0 Å². The molecule has 0 aliphatic heterocycles. The summed E-state index contributed by atoms with van der Waals surface area (Å²) in [5, 5.41) is 9.66. The molecule has 13 rings (SSSR count). The Morgan fingerprint density at radius 2 is 1.05 bits per heavy atom. The van der Waals surface area contributed by atoms with Crippen LogP contribution in [0.4, 0.5) is 17.1 Å². The molecule has 0 fully saturated rings. The quantitative estimate of drug-likeness (QED) is 0.167. The zero-order valence-electron chi connectivity index (χ0n) is 33.5. The molecule has 3 aromatic heterocycles. The van der Waals surface area contributed by atoms with Gasteiger partial charge in [0.1, 0.15) is 11.2 Å². The molecule has 0 spiro atoms. The summed E-state index contributed by atoms with van der Waals surface area (Å²) in [5.41, 5.74) is 13.1. The van der Waals surface area contributed by atoms with E-state index in [-0.39, 0.29) is 0 Å². The average Bonchev–Trinajstić information content (AvgIpc) is 4.02. The van der Waals surface area contributed by atoms with Crippen LogP contribution in [0.2, 0.25) is 0 Å². The van der Waals surface area contributed by atoms with Gasteiger partial charge in [-0.3, -0.25) is 0 Å². The third kappa shape index (κ3) is 5.37. The number of hydrogen-bond acceptors (Lipinski definition) is 3. The number of para-hydroxylation sites is 5. The van der Waals surface area contributed by atoms with E-state index >= 15 is 0 Å². The molecule has 0 aliphatic carbocycles. The second-order valence-corrected chi connectivity index (χ2v) is 17.1. The highest BCUT2D eigenvalue weighted by Crippen LogP contribution is 2.49. The minimum absolute atomic E-state index is 0.891. The van der Waals surface area contributed by atoms with Crippen molar-refractivity contribution in [1.82, 2.24) is 4.57 Å². The lowest BCUT2D eigenvalue weighted by molar-refractivity contribution is 0.670. The van der Waals surface area contributed by atoms with E-state index in [4.69, 9.17) is 4.42 Å². The summed E-state index contributed by atoms with van der Waals surface area (Å²) >= 11 is 1.87. The molecule has 0 N–H and O–H groups in total. The van der Waals surface area contributed by atoms with Crippen LogP contribution in [-0.4, -0.2) is 4.57 Å². The predicted octanol–water partition coefficient (Wildman–Crippen LogP) is 17.0. The number of fused-ring (bicyclic) bond motifs is 10. The normalized spacial score (nSPS) is 11.9. The van der Waals surface area contributed by atoms with E-state index in [9.17, 15) is 0 Å². The van der Waals surface area contributed by atoms with Gasteiger partial charge in [0, 0.05) is 75.5 Å². The Labute approximate surface area is 361 Å². The van der Waals surface area contributed by atoms with Crippen LogP contribution in [-0.2, 0) is 0 Å². The van der Waals surface area contributed by atoms with Gasteiger partial charge in [-0.05, 0) is 83.1 Å². The minimum atomic E-state index is 0.891. The number of thiophene rings is 1. The van der Waals surface area contributed by atoms with E-state index in [1.165, 1.54) is 63.9 Å². The molecule has 0 radical (unpaired) electrons. The molecule has 0 saturated heterocycles. The first-order valence-corrected chi connectivity index (χ1v) is 21.9. The van der Waals surface area contributed by atoms with E-state index in [1.807, 2.05) is 17.4 Å². The van der Waals surface area contributed by atoms with Crippen molar-refractivity contribution in [2.45, 2.75) is 0 Å². The van der Waals surface area contributed by atoms with E-state index < -0.39 is 0 Å². The summed E-state index contributed by atoms with van der Waals surface area (Å²) in [7, 11) is 0. The van der Waals surface area contributed by atoms with Crippen LogP contribution in [0.5, 0.6) is 0 Å². The molecule has 0 amide bonds. The molecular formula is C58H36N2OS. The van der Waals surface area contributed by atoms with Crippen molar-refractivity contribution >= 4 is 103 Å². The van der Waals surface area contributed by atoms with Gasteiger partial charge in [0.05, 0.1) is 16.7 Å². The number of rotatable bonds is 6. The second kappa shape index (κ2) is 13.8. The molecule has 0 saturated carbocycles. The molecule has 290 valence electrons. The Hall–Kier alpha value is -7.92. The van der Waals surface area contributed by atoms with Crippen molar-refractivity contribution in [3.63, 3.8) is 0 Å². The number of nitrogens with zero attached hydrogens (tertiary/aromatic N) is 2. The zero-order chi connectivity index (χ0) is 40.7. The van der Waals surface area contributed by atoms with Gasteiger partial charge in [-0.2, -0.15) is 0 Å². The summed E-state index contributed by atoms with van der Waals surface area (Å²) < 4.78 is 11.6. The van der Waals surface area contributed by atoms with E-state index in [0.717, 1.165) is 55.8 Å². The van der Waals surface area contributed by atoms with Crippen LogP contribution in [0.3, 0.4) is 0 Å². The summed E-state index contributed by atoms with van der Waals surface area (Å²) in [4.78, 5) is 2.45. The van der Waals surface area contributed by atoms with Crippen molar-refractivity contribution in [3.8, 4) is 27.9 Å². The van der Waals surface area contributed by atoms with Crippen LogP contribution >= 0.6 is 11.3 Å². The monoisotopic (exact) mass is 808 g/mol. The van der Waals surface area contributed by atoms with Crippen molar-refractivity contribution in [2.24, 2.45) is 0 Å². The summed E-state index contributed by atoms with van der Waals surface area (Å²) in [5.74, 6) is 0. The first kappa shape index (κ1) is 34.9. The van der Waals surface area contributed by atoms with Crippen molar-refractivity contribution in [3.05, 3.63) is 218 Å². The highest BCUT2D eigenvalue weighted by atomic mass is 32.1. The van der Waals surface area contributed by atoms with Gasteiger partial charge in [0.25, 0.3) is 0 Å². The molecule has 0 aliphatic rings. The van der Waals surface area contributed by atoms with Gasteiger partial charge in [-0.25, -0.2) is 0 Å². The maximum atomic E-state index is 6.68. The molecular weight excluding hydrogens is 773 g/mol. The molecule has 0 atom stereocenters. The highest BCUT2D eigenvalue weighted by Gasteiger charge is 2.23. The molecule has 0 unspecified atom stereocenters. The molecule has 13 aromatic rings. The number of furan rings is 1. The molecule has 4 heteroatoms. The van der Waals surface area contributed by atoms with Gasteiger partial charge in [0.15, 0.2) is 0 Å². The molecule has 10 aromatic carbocycles. The van der Waals surface area contributed by atoms with Gasteiger partial charge in [0.2, 0.25) is 0 Å². The van der Waals surface area contributed by atoms with Crippen molar-refractivity contribution in [2.75, 3.05) is 4.90 Å². The van der Waals surface area contributed by atoms with E-state index in [0.29, 0.717) is 0 Å². The predicted molar refractivity (Wildman–Crippen MR) is 264 cm³/mol. The zero-order valence-corrected chi connectivity index (χ0v) is 34.3. The Bertz CT molecular complexity index is 3830. The van der Waals surface area contributed by atoms with Crippen LogP contribution in [0.25, 0.3) is 103 Å². The topological polar surface area (TPSA) is 21.3 Å². The van der Waals surface area contributed by atoms with Crippen molar-refractivity contribution < 1.29 is 4.42 Å². The van der Waals surface area contributed by atoms with Gasteiger partial charge < -0.3 is 13.9 Å². The van der Waals surface area contributed by atoms with Crippen molar-refractivity contribution in [1.29, 1.82) is 0 Å². The maximum Gasteiger partial charge on any atom is 0.143 e. The largest absolute Gasteiger partial charge is 0.455 e. The Morgan fingerprint density at radius 1 is 0.403 bits per heavy atom. The first-order valence-electron chi connectivity index (χ1n) is 21.1. The van der Waals surface area contributed by atoms with Crippen LogP contribution in [0.15, 0.2) is 223 Å². The summed E-state index contributed by atoms with van der Waals surface area (Å²) in [6, 6.07) is 79.3. The highest BCUT2D eigenvalue weighted by molar-refractivity contribution is 7.26. The fraction of sp³-hybridized carbons (Fsp3) is 0. The van der Waals surface area contributed by atoms with E-state index in [2.05, 4.69) is 222 Å². The fourth-order valence-electron chi connectivity index (χ4n) is 9.74. The lowest BCUT2D eigenvalue weighted by Gasteiger charge is -2.29. The van der Waals surface area contributed by atoms with Crippen LogP contribution in [0, 0.1) is 0 Å². The van der Waals surface area contributed by atoms with Gasteiger partial charge >= 0.3 is 0 Å². The first-order chi connectivity index (χ1) is 30.7. The Balaban J connectivity index is 1.05. The third-order valence-electron chi connectivity index (χ3n) is 12.6. The maximum absolute atomic E-state index is 6.68. The third-order valence-corrected chi connectivity index (χ3v) is 13.8. The second-order valence-electron chi connectivity index (χ2n) is 16.0. The smallest absolute Gasteiger partial charge is 0.143 e. The molecule has 62 heavy (non-hydrogen) atoms. The lowest BCUT2D eigenvalue weighted by Crippen LogP contribution is -2.11. The average molecular weight is 809 g/mol. The lowest BCUT2D eigenvalue weighted by atomic mass is 9.97.